The Bertz CT molecular complexity index is 639. The Hall–Kier alpha value is -2.28. The van der Waals surface area contributed by atoms with E-state index in [9.17, 15) is 9.59 Å². The van der Waals surface area contributed by atoms with Crippen LogP contribution >= 0.6 is 0 Å². The molecule has 0 bridgehead atoms. The van der Waals surface area contributed by atoms with Gasteiger partial charge in [-0.05, 0) is 62.3 Å². The number of rotatable bonds is 10. The number of nitrogens with zero attached hydrogens (tertiary/aromatic N) is 1. The number of carboxylic acids is 1. The van der Waals surface area contributed by atoms with E-state index in [4.69, 9.17) is 9.84 Å². The lowest BCUT2D eigenvalue weighted by atomic mass is 9.85. The zero-order valence-corrected chi connectivity index (χ0v) is 15.8. The highest BCUT2D eigenvalue weighted by atomic mass is 16.5. The number of carbonyl (C=O) groups is 2. The topological polar surface area (TPSA) is 90.9 Å². The standard InChI is InChI=1S/C20H29N3O4/c1-2-9-27-18-7-5-15(6-8-18)21-20(26)22-16-10-17(11-16)23(13-19(24)25)12-14-3-4-14/h5-8,14,16-17H,2-4,9-13H2,1H3,(H,24,25)(H2,21,22,26). The van der Waals surface area contributed by atoms with Crippen molar-refractivity contribution in [3.8, 4) is 5.75 Å². The van der Waals surface area contributed by atoms with Gasteiger partial charge in [0.05, 0.1) is 13.2 Å². The Morgan fingerprint density at radius 2 is 1.93 bits per heavy atom. The summed E-state index contributed by atoms with van der Waals surface area (Å²) in [6, 6.07) is 7.43. The zero-order valence-electron chi connectivity index (χ0n) is 15.8. The van der Waals surface area contributed by atoms with E-state index in [-0.39, 0.29) is 24.7 Å². The van der Waals surface area contributed by atoms with Crippen molar-refractivity contribution in [3.05, 3.63) is 24.3 Å². The van der Waals surface area contributed by atoms with E-state index in [1.54, 1.807) is 0 Å². The number of urea groups is 1. The maximum atomic E-state index is 12.2. The number of ether oxygens (including phenoxy) is 1. The summed E-state index contributed by atoms with van der Waals surface area (Å²) in [5.74, 6) is 0.666. The molecular weight excluding hydrogens is 346 g/mol. The van der Waals surface area contributed by atoms with E-state index in [0.29, 0.717) is 18.2 Å². The van der Waals surface area contributed by atoms with Gasteiger partial charge in [0.15, 0.2) is 0 Å². The number of nitrogens with one attached hydrogen (secondary N) is 2. The van der Waals surface area contributed by atoms with Gasteiger partial charge in [-0.25, -0.2) is 4.79 Å². The summed E-state index contributed by atoms with van der Waals surface area (Å²) in [6.45, 7) is 3.68. The number of benzene rings is 1. The van der Waals surface area contributed by atoms with E-state index in [0.717, 1.165) is 31.6 Å². The van der Waals surface area contributed by atoms with Gasteiger partial charge >= 0.3 is 12.0 Å². The molecule has 3 N–H and O–H groups in total. The van der Waals surface area contributed by atoms with Gasteiger partial charge in [0.25, 0.3) is 0 Å². The van der Waals surface area contributed by atoms with Crippen LogP contribution in [0.15, 0.2) is 24.3 Å². The van der Waals surface area contributed by atoms with E-state index in [2.05, 4.69) is 22.5 Å². The van der Waals surface area contributed by atoms with Gasteiger partial charge in [-0.3, -0.25) is 9.69 Å². The Morgan fingerprint density at radius 1 is 1.22 bits per heavy atom. The molecule has 0 atom stereocenters. The average Bonchev–Trinajstić information content (AvgIpc) is 3.40. The molecule has 7 nitrogen and oxygen atoms in total. The molecule has 0 spiro atoms. The number of hydrogen-bond donors (Lipinski definition) is 3. The van der Waals surface area contributed by atoms with Crippen LogP contribution in [0.25, 0.3) is 0 Å². The molecule has 0 heterocycles. The van der Waals surface area contributed by atoms with Crippen molar-refractivity contribution < 1.29 is 19.4 Å². The Labute approximate surface area is 160 Å². The highest BCUT2D eigenvalue weighted by Crippen LogP contribution is 2.33. The van der Waals surface area contributed by atoms with Gasteiger partial charge in [-0.15, -0.1) is 0 Å². The zero-order chi connectivity index (χ0) is 19.2. The van der Waals surface area contributed by atoms with Crippen molar-refractivity contribution in [1.82, 2.24) is 10.2 Å². The van der Waals surface area contributed by atoms with Crippen LogP contribution in [-0.2, 0) is 4.79 Å². The number of hydrogen-bond acceptors (Lipinski definition) is 4. The van der Waals surface area contributed by atoms with E-state index in [1.165, 1.54) is 12.8 Å². The normalized spacial score (nSPS) is 21.4. The van der Waals surface area contributed by atoms with Crippen LogP contribution in [-0.4, -0.2) is 53.8 Å². The third kappa shape index (κ3) is 6.13. The minimum Gasteiger partial charge on any atom is -0.494 e. The molecule has 27 heavy (non-hydrogen) atoms. The number of anilines is 1. The monoisotopic (exact) mass is 375 g/mol. The second-order valence-corrected chi connectivity index (χ2v) is 7.56. The van der Waals surface area contributed by atoms with Crippen LogP contribution in [0.5, 0.6) is 5.75 Å². The molecule has 2 saturated carbocycles. The summed E-state index contributed by atoms with van der Waals surface area (Å²) < 4.78 is 5.52. The van der Waals surface area contributed by atoms with E-state index < -0.39 is 5.97 Å². The fourth-order valence-corrected chi connectivity index (χ4v) is 3.36. The first-order chi connectivity index (χ1) is 13.0. The van der Waals surface area contributed by atoms with Crippen LogP contribution in [0.1, 0.15) is 39.0 Å². The van der Waals surface area contributed by atoms with Crippen molar-refractivity contribution in [1.29, 1.82) is 0 Å². The molecule has 0 aliphatic heterocycles. The number of aliphatic carboxylic acids is 1. The first-order valence-corrected chi connectivity index (χ1v) is 9.79. The summed E-state index contributed by atoms with van der Waals surface area (Å²) in [5.41, 5.74) is 0.716. The summed E-state index contributed by atoms with van der Waals surface area (Å²) in [5, 5.41) is 14.9. The van der Waals surface area contributed by atoms with Crippen molar-refractivity contribution in [2.75, 3.05) is 25.0 Å². The molecule has 2 aliphatic rings. The van der Waals surface area contributed by atoms with Crippen molar-refractivity contribution in [2.24, 2.45) is 5.92 Å². The third-order valence-corrected chi connectivity index (χ3v) is 5.08. The number of carboxylic acid groups (broad SMARTS) is 1. The van der Waals surface area contributed by atoms with Crippen molar-refractivity contribution in [3.63, 3.8) is 0 Å². The lowest BCUT2D eigenvalue weighted by molar-refractivity contribution is -0.139. The predicted octanol–water partition coefficient (Wildman–Crippen LogP) is 2.92. The van der Waals surface area contributed by atoms with Crippen LogP contribution in [0, 0.1) is 5.92 Å². The SMILES string of the molecule is CCCOc1ccc(NC(=O)NC2CC(N(CC(=O)O)CC3CC3)C2)cc1. The highest BCUT2D eigenvalue weighted by Gasteiger charge is 2.37. The summed E-state index contributed by atoms with van der Waals surface area (Å²) in [6.07, 6.45) is 4.97. The van der Waals surface area contributed by atoms with Gasteiger partial charge in [-0.2, -0.15) is 0 Å². The molecule has 3 rings (SSSR count). The summed E-state index contributed by atoms with van der Waals surface area (Å²) in [4.78, 5) is 25.3. The van der Waals surface area contributed by atoms with Gasteiger partial charge in [0.1, 0.15) is 5.75 Å². The largest absolute Gasteiger partial charge is 0.494 e. The Kier molecular flexibility index (Phi) is 6.55. The second kappa shape index (κ2) is 9.08. The molecule has 0 unspecified atom stereocenters. The maximum Gasteiger partial charge on any atom is 0.319 e. The van der Waals surface area contributed by atoms with E-state index in [1.807, 2.05) is 24.3 Å². The van der Waals surface area contributed by atoms with Crippen molar-refractivity contribution in [2.45, 2.75) is 51.1 Å². The molecule has 1 aromatic carbocycles. The lowest BCUT2D eigenvalue weighted by Crippen LogP contribution is -2.55. The smallest absolute Gasteiger partial charge is 0.319 e. The lowest BCUT2D eigenvalue weighted by Gasteiger charge is -2.42. The first-order valence-electron chi connectivity index (χ1n) is 9.79. The van der Waals surface area contributed by atoms with Gasteiger partial charge in [0, 0.05) is 24.3 Å². The van der Waals surface area contributed by atoms with Crippen molar-refractivity contribution >= 4 is 17.7 Å². The summed E-state index contributed by atoms with van der Waals surface area (Å²) in [7, 11) is 0. The fourth-order valence-electron chi connectivity index (χ4n) is 3.36. The van der Waals surface area contributed by atoms with Crippen LogP contribution in [0.2, 0.25) is 0 Å². The fraction of sp³-hybridized carbons (Fsp3) is 0.600. The van der Waals surface area contributed by atoms with Gasteiger partial charge < -0.3 is 20.5 Å². The minimum absolute atomic E-state index is 0.0898. The molecule has 7 heteroatoms. The Morgan fingerprint density at radius 3 is 2.52 bits per heavy atom. The average molecular weight is 375 g/mol. The highest BCUT2D eigenvalue weighted by molar-refractivity contribution is 5.89. The molecule has 2 amide bonds. The predicted molar refractivity (Wildman–Crippen MR) is 103 cm³/mol. The molecule has 0 saturated heterocycles. The second-order valence-electron chi connectivity index (χ2n) is 7.56. The first kappa shape index (κ1) is 19.5. The minimum atomic E-state index is -0.781. The van der Waals surface area contributed by atoms with Gasteiger partial charge in [0.2, 0.25) is 0 Å². The van der Waals surface area contributed by atoms with Crippen LogP contribution in [0.4, 0.5) is 10.5 Å². The molecule has 2 fully saturated rings. The van der Waals surface area contributed by atoms with E-state index >= 15 is 0 Å². The molecular formula is C20H29N3O4. The maximum absolute atomic E-state index is 12.2. The number of carbonyl (C=O) groups excluding carboxylic acids is 1. The third-order valence-electron chi connectivity index (χ3n) is 5.08. The quantitative estimate of drug-likeness (QED) is 0.585. The number of amides is 2. The van der Waals surface area contributed by atoms with Crippen LogP contribution < -0.4 is 15.4 Å². The van der Waals surface area contributed by atoms with Crippen LogP contribution in [0.3, 0.4) is 0 Å². The molecule has 0 aromatic heterocycles. The molecule has 1 aromatic rings. The molecule has 148 valence electrons. The van der Waals surface area contributed by atoms with Gasteiger partial charge in [-0.1, -0.05) is 6.92 Å². The molecule has 0 radical (unpaired) electrons. The summed E-state index contributed by atoms with van der Waals surface area (Å²) >= 11 is 0. The Balaban J connectivity index is 1.39. The molecule has 2 aliphatic carbocycles.